The van der Waals surface area contributed by atoms with Gasteiger partial charge in [0.05, 0.1) is 22.4 Å². The average Bonchev–Trinajstić information content (AvgIpc) is 3.14. The number of piperazine rings is 1. The summed E-state index contributed by atoms with van der Waals surface area (Å²) in [7, 11) is 0. The van der Waals surface area contributed by atoms with E-state index < -0.39 is 0 Å². The van der Waals surface area contributed by atoms with Gasteiger partial charge in [-0.25, -0.2) is 4.79 Å². The third-order valence-corrected chi connectivity index (χ3v) is 7.27. The lowest BCUT2D eigenvalue weighted by Crippen LogP contribution is -2.46. The lowest BCUT2D eigenvalue weighted by molar-refractivity contribution is 0.271. The Hall–Kier alpha value is -2.73. The molecule has 1 aliphatic heterocycles. The summed E-state index contributed by atoms with van der Waals surface area (Å²) in [5, 5.41) is 3.61. The lowest BCUT2D eigenvalue weighted by Gasteiger charge is -2.36. The highest BCUT2D eigenvalue weighted by Gasteiger charge is 2.22. The predicted octanol–water partition coefficient (Wildman–Crippen LogP) is 4.80. The van der Waals surface area contributed by atoms with Crippen molar-refractivity contribution in [1.29, 1.82) is 0 Å². The third-order valence-electron chi connectivity index (χ3n) is 7.27. The maximum atomic E-state index is 12.9. The van der Waals surface area contributed by atoms with Crippen LogP contribution in [0.3, 0.4) is 0 Å². The number of nitrogens with zero attached hydrogens (tertiary/aromatic N) is 3. The van der Waals surface area contributed by atoms with Gasteiger partial charge in [0, 0.05) is 38.4 Å². The number of benzene rings is 2. The van der Waals surface area contributed by atoms with E-state index in [9.17, 15) is 4.79 Å². The second-order valence-electron chi connectivity index (χ2n) is 9.34. The number of fused-ring (bicyclic) bond motifs is 1. The van der Waals surface area contributed by atoms with Gasteiger partial charge in [0.2, 0.25) is 0 Å². The van der Waals surface area contributed by atoms with Crippen LogP contribution in [0.15, 0.2) is 47.3 Å². The van der Waals surface area contributed by atoms with E-state index in [4.69, 9.17) is 0 Å². The molecule has 1 aromatic heterocycles. The van der Waals surface area contributed by atoms with Crippen LogP contribution in [0.25, 0.3) is 11.0 Å². The van der Waals surface area contributed by atoms with E-state index in [1.807, 2.05) is 22.8 Å². The van der Waals surface area contributed by atoms with Gasteiger partial charge in [-0.1, -0.05) is 44.4 Å². The Morgan fingerprint density at radius 3 is 2.47 bits per heavy atom. The Bertz CT molecular complexity index is 1090. The number of aromatic nitrogens is 2. The first-order valence-electron chi connectivity index (χ1n) is 12.3. The van der Waals surface area contributed by atoms with Gasteiger partial charge >= 0.3 is 5.69 Å². The van der Waals surface area contributed by atoms with Crippen molar-refractivity contribution in [2.24, 2.45) is 5.92 Å². The predicted molar refractivity (Wildman–Crippen MR) is 133 cm³/mol. The number of aromatic amines is 1. The lowest BCUT2D eigenvalue weighted by atomic mass is 9.89. The molecule has 2 N–H and O–H groups in total. The Morgan fingerprint density at radius 2 is 1.75 bits per heavy atom. The molecule has 32 heavy (non-hydrogen) atoms. The minimum absolute atomic E-state index is 0.0178. The molecule has 2 fully saturated rings. The topological polar surface area (TPSA) is 56.3 Å². The van der Waals surface area contributed by atoms with E-state index >= 15 is 0 Å². The quantitative estimate of drug-likeness (QED) is 0.587. The standard InChI is InChI=1S/C26H35N5O/c1-2-29-13-15-30(16-14-29)24-18-25-23(17-22(24)27-21-11-7-4-8-12-21)28-26(32)31(25)19-20-9-5-3-6-10-20/h4,7-8,11-12,17-18,20,27H,2-3,5-6,9-10,13-16,19H2,1H3,(H,28,32). The molecule has 6 nitrogen and oxygen atoms in total. The van der Waals surface area contributed by atoms with Crippen LogP contribution in [-0.4, -0.2) is 47.2 Å². The molecule has 1 saturated carbocycles. The van der Waals surface area contributed by atoms with Gasteiger partial charge in [0.1, 0.15) is 0 Å². The minimum atomic E-state index is 0.0178. The monoisotopic (exact) mass is 433 g/mol. The van der Waals surface area contributed by atoms with E-state index in [1.165, 1.54) is 37.8 Å². The van der Waals surface area contributed by atoms with E-state index in [-0.39, 0.29) is 5.69 Å². The number of rotatable bonds is 6. The molecule has 1 saturated heterocycles. The zero-order chi connectivity index (χ0) is 21.9. The maximum Gasteiger partial charge on any atom is 0.326 e. The van der Waals surface area contributed by atoms with Crippen LogP contribution in [0.4, 0.5) is 17.1 Å². The Labute approximate surface area is 190 Å². The van der Waals surface area contributed by atoms with Crippen LogP contribution < -0.4 is 15.9 Å². The molecule has 0 spiro atoms. The van der Waals surface area contributed by atoms with Crippen molar-refractivity contribution in [3.05, 3.63) is 52.9 Å². The molecular formula is C26H35N5O. The fraction of sp³-hybridized carbons (Fsp3) is 0.500. The van der Waals surface area contributed by atoms with Crippen LogP contribution in [-0.2, 0) is 6.54 Å². The molecule has 0 bridgehead atoms. The largest absolute Gasteiger partial charge is 0.367 e. The Kier molecular flexibility index (Phi) is 6.21. The summed E-state index contributed by atoms with van der Waals surface area (Å²) in [6.45, 7) is 8.30. The van der Waals surface area contributed by atoms with Crippen LogP contribution in [0.1, 0.15) is 39.0 Å². The summed E-state index contributed by atoms with van der Waals surface area (Å²) < 4.78 is 1.99. The van der Waals surface area contributed by atoms with E-state index in [1.54, 1.807) is 0 Å². The smallest absolute Gasteiger partial charge is 0.326 e. The van der Waals surface area contributed by atoms with Gasteiger partial charge in [-0.15, -0.1) is 0 Å². The van der Waals surface area contributed by atoms with Crippen LogP contribution >= 0.6 is 0 Å². The van der Waals surface area contributed by atoms with Crippen molar-refractivity contribution in [1.82, 2.24) is 14.5 Å². The normalized spacial score (nSPS) is 18.3. The number of para-hydroxylation sites is 1. The Morgan fingerprint density at radius 1 is 1.00 bits per heavy atom. The minimum Gasteiger partial charge on any atom is -0.367 e. The zero-order valence-corrected chi connectivity index (χ0v) is 19.1. The molecular weight excluding hydrogens is 398 g/mol. The van der Waals surface area contributed by atoms with Crippen molar-refractivity contribution in [2.75, 3.05) is 42.9 Å². The number of hydrogen-bond donors (Lipinski definition) is 2. The molecule has 6 heteroatoms. The van der Waals surface area contributed by atoms with Gasteiger partial charge < -0.3 is 20.1 Å². The molecule has 2 heterocycles. The number of H-pyrrole nitrogens is 1. The molecule has 1 aliphatic carbocycles. The number of nitrogens with one attached hydrogen (secondary N) is 2. The van der Waals surface area contributed by atoms with E-state index in [2.05, 4.69) is 51.3 Å². The summed E-state index contributed by atoms with van der Waals surface area (Å²) in [6, 6.07) is 14.7. The average molecular weight is 434 g/mol. The van der Waals surface area contributed by atoms with E-state index in [0.717, 1.165) is 61.7 Å². The maximum absolute atomic E-state index is 12.9. The van der Waals surface area contributed by atoms with Crippen molar-refractivity contribution < 1.29 is 0 Å². The highest BCUT2D eigenvalue weighted by molar-refractivity contribution is 5.90. The molecule has 0 amide bonds. The van der Waals surface area contributed by atoms with Gasteiger partial charge in [-0.2, -0.15) is 0 Å². The fourth-order valence-corrected chi connectivity index (χ4v) is 5.35. The third kappa shape index (κ3) is 4.42. The highest BCUT2D eigenvalue weighted by Crippen LogP contribution is 2.34. The number of hydrogen-bond acceptors (Lipinski definition) is 4. The van der Waals surface area contributed by atoms with Crippen molar-refractivity contribution in [3.63, 3.8) is 0 Å². The number of anilines is 3. The molecule has 5 rings (SSSR count). The number of imidazole rings is 1. The van der Waals surface area contributed by atoms with Gasteiger partial charge in [-0.3, -0.25) is 4.57 Å². The van der Waals surface area contributed by atoms with E-state index in [0.29, 0.717) is 5.92 Å². The van der Waals surface area contributed by atoms with Crippen LogP contribution in [0, 0.1) is 5.92 Å². The Balaban J connectivity index is 1.53. The molecule has 2 aliphatic rings. The zero-order valence-electron chi connectivity index (χ0n) is 19.1. The van der Waals surface area contributed by atoms with Crippen molar-refractivity contribution in [3.8, 4) is 0 Å². The van der Waals surface area contributed by atoms with Crippen molar-refractivity contribution in [2.45, 2.75) is 45.6 Å². The summed E-state index contributed by atoms with van der Waals surface area (Å²) >= 11 is 0. The number of likely N-dealkylation sites (N-methyl/N-ethyl adjacent to an activating group) is 1. The molecule has 170 valence electrons. The second kappa shape index (κ2) is 9.41. The molecule has 0 unspecified atom stereocenters. The first kappa shape index (κ1) is 21.1. The van der Waals surface area contributed by atoms with Crippen LogP contribution in [0.2, 0.25) is 0 Å². The SMILES string of the molecule is CCN1CCN(c2cc3c(cc2Nc2ccccc2)[nH]c(=O)n3CC2CCCCC2)CC1. The molecule has 0 atom stereocenters. The first-order valence-corrected chi connectivity index (χ1v) is 12.3. The molecule has 0 radical (unpaired) electrons. The second-order valence-corrected chi connectivity index (χ2v) is 9.34. The summed E-state index contributed by atoms with van der Waals surface area (Å²) in [6.07, 6.45) is 6.39. The summed E-state index contributed by atoms with van der Waals surface area (Å²) in [5.74, 6) is 0.610. The van der Waals surface area contributed by atoms with Gasteiger partial charge in [-0.05, 0) is 49.6 Å². The first-order chi connectivity index (χ1) is 15.7. The highest BCUT2D eigenvalue weighted by atomic mass is 16.1. The summed E-state index contributed by atoms with van der Waals surface area (Å²) in [4.78, 5) is 21.0. The summed E-state index contributed by atoms with van der Waals surface area (Å²) in [5.41, 5.74) is 5.27. The van der Waals surface area contributed by atoms with Crippen LogP contribution in [0.5, 0.6) is 0 Å². The van der Waals surface area contributed by atoms with Gasteiger partial charge in [0.25, 0.3) is 0 Å². The van der Waals surface area contributed by atoms with Gasteiger partial charge in [0.15, 0.2) is 0 Å². The van der Waals surface area contributed by atoms with Crippen molar-refractivity contribution >= 4 is 28.1 Å². The molecule has 2 aromatic carbocycles. The molecule has 3 aromatic rings. The fourth-order valence-electron chi connectivity index (χ4n) is 5.35.